The summed E-state index contributed by atoms with van der Waals surface area (Å²) in [5.41, 5.74) is 6.51. The van der Waals surface area contributed by atoms with Gasteiger partial charge >= 0.3 is 0 Å². The van der Waals surface area contributed by atoms with E-state index in [9.17, 15) is 14.7 Å². The summed E-state index contributed by atoms with van der Waals surface area (Å²) in [6.07, 6.45) is 1.27. The molecule has 22 heavy (non-hydrogen) atoms. The second kappa shape index (κ2) is 9.20. The Hall–Kier alpha value is -1.88. The fourth-order valence-corrected chi connectivity index (χ4v) is 2.26. The molecule has 0 saturated heterocycles. The summed E-state index contributed by atoms with van der Waals surface area (Å²) in [5.74, 6) is -0.902. The number of benzene rings is 1. The Morgan fingerprint density at radius 1 is 1.23 bits per heavy atom. The van der Waals surface area contributed by atoms with Crippen LogP contribution < -0.4 is 11.1 Å². The van der Waals surface area contributed by atoms with Crippen molar-refractivity contribution in [3.05, 3.63) is 35.9 Å². The van der Waals surface area contributed by atoms with Crippen LogP contribution in [0.3, 0.4) is 0 Å². The summed E-state index contributed by atoms with van der Waals surface area (Å²) in [6.45, 7) is 3.84. The maximum absolute atomic E-state index is 11.9. The highest BCUT2D eigenvalue weighted by Gasteiger charge is 2.22. The van der Waals surface area contributed by atoms with Crippen molar-refractivity contribution in [3.8, 4) is 0 Å². The van der Waals surface area contributed by atoms with E-state index in [0.717, 1.165) is 12.8 Å². The molecule has 0 aliphatic carbocycles. The van der Waals surface area contributed by atoms with Gasteiger partial charge in [0.15, 0.2) is 0 Å². The lowest BCUT2D eigenvalue weighted by Crippen LogP contribution is -2.48. The Morgan fingerprint density at radius 3 is 2.41 bits per heavy atom. The molecular formula is C17H26N2O3. The molecule has 5 nitrogen and oxygen atoms in total. The van der Waals surface area contributed by atoms with E-state index in [2.05, 4.69) is 5.32 Å². The third-order valence-electron chi connectivity index (χ3n) is 3.46. The molecule has 4 N–H and O–H groups in total. The number of hydrogen-bond acceptors (Lipinski definition) is 3. The van der Waals surface area contributed by atoms with Gasteiger partial charge in [-0.2, -0.15) is 0 Å². The Bertz CT molecular complexity index is 474. The molecule has 0 saturated carbocycles. The van der Waals surface area contributed by atoms with Gasteiger partial charge < -0.3 is 16.2 Å². The number of amides is 2. The minimum atomic E-state index is -1.10. The molecule has 2 atom stereocenters. The van der Waals surface area contributed by atoms with Crippen LogP contribution >= 0.6 is 0 Å². The molecule has 0 fully saturated rings. The van der Waals surface area contributed by atoms with Crippen molar-refractivity contribution in [2.75, 3.05) is 0 Å². The number of hydrogen-bond donors (Lipinski definition) is 3. The monoisotopic (exact) mass is 306 g/mol. The Morgan fingerprint density at radius 2 is 1.86 bits per heavy atom. The molecule has 0 heterocycles. The van der Waals surface area contributed by atoms with E-state index in [-0.39, 0.29) is 5.92 Å². The van der Waals surface area contributed by atoms with Crippen LogP contribution in [-0.2, 0) is 16.0 Å². The number of primary amides is 1. The van der Waals surface area contributed by atoms with Gasteiger partial charge in [-0.15, -0.1) is 0 Å². The number of nitrogens with one attached hydrogen (secondary N) is 1. The minimum Gasteiger partial charge on any atom is -0.383 e. The van der Waals surface area contributed by atoms with Crippen LogP contribution in [0.2, 0.25) is 0 Å². The molecule has 1 aromatic rings. The molecule has 1 aromatic carbocycles. The fourth-order valence-electron chi connectivity index (χ4n) is 2.26. The SMILES string of the molecule is CC(C)C[C@@H](O)C(=O)N[C@H](CCCc1ccccc1)C(N)=O. The van der Waals surface area contributed by atoms with E-state index in [1.165, 1.54) is 5.56 Å². The molecule has 0 bridgehead atoms. The second-order valence-electron chi connectivity index (χ2n) is 5.99. The highest BCUT2D eigenvalue weighted by molar-refractivity contribution is 5.88. The van der Waals surface area contributed by atoms with Crippen LogP contribution in [0.15, 0.2) is 30.3 Å². The standard InChI is InChI=1S/C17H26N2O3/c1-12(2)11-15(20)17(22)19-14(16(18)21)10-6-9-13-7-4-3-5-8-13/h3-5,7-8,12,14-15,20H,6,9-11H2,1-2H3,(H2,18,21)(H,19,22)/t14-,15-/m1/s1. The second-order valence-corrected chi connectivity index (χ2v) is 5.99. The first-order valence-corrected chi connectivity index (χ1v) is 7.71. The van der Waals surface area contributed by atoms with Crippen molar-refractivity contribution in [3.63, 3.8) is 0 Å². The third-order valence-corrected chi connectivity index (χ3v) is 3.46. The molecule has 0 radical (unpaired) electrons. The van der Waals surface area contributed by atoms with E-state index >= 15 is 0 Å². The van der Waals surface area contributed by atoms with E-state index < -0.39 is 24.0 Å². The molecular weight excluding hydrogens is 280 g/mol. The molecule has 0 unspecified atom stereocenters. The van der Waals surface area contributed by atoms with Crippen LogP contribution in [0, 0.1) is 5.92 Å². The van der Waals surface area contributed by atoms with Crippen molar-refractivity contribution in [1.29, 1.82) is 0 Å². The Labute approximate surface area is 131 Å². The summed E-state index contributed by atoms with van der Waals surface area (Å²) in [6, 6.07) is 9.18. The van der Waals surface area contributed by atoms with Crippen LogP contribution in [0.4, 0.5) is 0 Å². The highest BCUT2D eigenvalue weighted by Crippen LogP contribution is 2.08. The summed E-state index contributed by atoms with van der Waals surface area (Å²) in [4.78, 5) is 23.3. The van der Waals surface area contributed by atoms with Gasteiger partial charge in [0.2, 0.25) is 11.8 Å². The first-order valence-electron chi connectivity index (χ1n) is 7.71. The normalized spacial score (nSPS) is 13.6. The van der Waals surface area contributed by atoms with E-state index in [0.29, 0.717) is 12.8 Å². The highest BCUT2D eigenvalue weighted by atomic mass is 16.3. The third kappa shape index (κ3) is 6.72. The lowest BCUT2D eigenvalue weighted by atomic mass is 10.0. The topological polar surface area (TPSA) is 92.4 Å². The molecule has 1 rings (SSSR count). The Kier molecular flexibility index (Phi) is 7.60. The maximum Gasteiger partial charge on any atom is 0.249 e. The molecule has 0 aromatic heterocycles. The number of carbonyl (C=O) groups is 2. The number of rotatable bonds is 9. The summed E-state index contributed by atoms with van der Waals surface area (Å²) < 4.78 is 0. The maximum atomic E-state index is 11.9. The predicted molar refractivity (Wildman–Crippen MR) is 86.0 cm³/mol. The van der Waals surface area contributed by atoms with Crippen LogP contribution in [0.5, 0.6) is 0 Å². The van der Waals surface area contributed by atoms with Gasteiger partial charge in [0.05, 0.1) is 0 Å². The van der Waals surface area contributed by atoms with Crippen molar-refractivity contribution in [2.45, 2.75) is 51.7 Å². The quantitative estimate of drug-likeness (QED) is 0.643. The number of carbonyl (C=O) groups excluding carboxylic acids is 2. The Balaban J connectivity index is 2.45. The van der Waals surface area contributed by atoms with Crippen LogP contribution in [0.25, 0.3) is 0 Å². The van der Waals surface area contributed by atoms with E-state index in [1.807, 2.05) is 44.2 Å². The first-order chi connectivity index (χ1) is 10.4. The van der Waals surface area contributed by atoms with Crippen molar-refractivity contribution in [1.82, 2.24) is 5.32 Å². The zero-order valence-corrected chi connectivity index (χ0v) is 13.3. The van der Waals surface area contributed by atoms with Gasteiger partial charge in [0.25, 0.3) is 0 Å². The molecule has 0 aliphatic rings. The molecule has 0 aliphatic heterocycles. The lowest BCUT2D eigenvalue weighted by molar-refractivity contribution is -0.133. The molecule has 0 spiro atoms. The molecule has 122 valence electrons. The van der Waals surface area contributed by atoms with E-state index in [4.69, 9.17) is 5.73 Å². The zero-order chi connectivity index (χ0) is 16.5. The van der Waals surface area contributed by atoms with Crippen molar-refractivity contribution < 1.29 is 14.7 Å². The van der Waals surface area contributed by atoms with E-state index in [1.54, 1.807) is 0 Å². The van der Waals surface area contributed by atoms with Crippen LogP contribution in [0.1, 0.15) is 38.7 Å². The van der Waals surface area contributed by atoms with Crippen molar-refractivity contribution >= 4 is 11.8 Å². The smallest absolute Gasteiger partial charge is 0.249 e. The number of nitrogens with two attached hydrogens (primary N) is 1. The lowest BCUT2D eigenvalue weighted by Gasteiger charge is -2.19. The van der Waals surface area contributed by atoms with Gasteiger partial charge in [0.1, 0.15) is 12.1 Å². The number of aliphatic hydroxyl groups is 1. The minimum absolute atomic E-state index is 0.200. The summed E-state index contributed by atoms with van der Waals surface area (Å²) in [7, 11) is 0. The van der Waals surface area contributed by atoms with Crippen LogP contribution in [-0.4, -0.2) is 29.1 Å². The zero-order valence-electron chi connectivity index (χ0n) is 13.3. The largest absolute Gasteiger partial charge is 0.383 e. The predicted octanol–water partition coefficient (Wildman–Crippen LogP) is 1.39. The summed E-state index contributed by atoms with van der Waals surface area (Å²) in [5, 5.41) is 12.3. The fraction of sp³-hybridized carbons (Fsp3) is 0.529. The average Bonchev–Trinajstić information content (AvgIpc) is 2.46. The average molecular weight is 306 g/mol. The molecule has 2 amide bonds. The van der Waals surface area contributed by atoms with Gasteiger partial charge in [-0.1, -0.05) is 44.2 Å². The van der Waals surface area contributed by atoms with Gasteiger partial charge in [-0.05, 0) is 37.2 Å². The van der Waals surface area contributed by atoms with Gasteiger partial charge in [-0.25, -0.2) is 0 Å². The first kappa shape index (κ1) is 18.2. The molecule has 5 heteroatoms. The van der Waals surface area contributed by atoms with Gasteiger partial charge in [-0.3, -0.25) is 9.59 Å². The number of aryl methyl sites for hydroxylation is 1. The van der Waals surface area contributed by atoms with Gasteiger partial charge in [0, 0.05) is 0 Å². The summed E-state index contributed by atoms with van der Waals surface area (Å²) >= 11 is 0. The van der Waals surface area contributed by atoms with Crippen molar-refractivity contribution in [2.24, 2.45) is 11.7 Å². The number of aliphatic hydroxyl groups excluding tert-OH is 1.